The Labute approximate surface area is 105 Å². The monoisotopic (exact) mass is 247 g/mol. The molecule has 0 aliphatic carbocycles. The van der Waals surface area contributed by atoms with E-state index in [0.29, 0.717) is 30.4 Å². The fourth-order valence-corrected chi connectivity index (χ4v) is 3.24. The number of halogens is 1. The second-order valence-electron chi connectivity index (χ2n) is 5.03. The van der Waals surface area contributed by atoms with Crippen molar-refractivity contribution >= 4 is 17.8 Å². The Balaban J connectivity index is 2.06. The molecule has 0 spiro atoms. The largest absolute Gasteiger partial charge is 0.362 e. The number of benzene rings is 1. The highest BCUT2D eigenvalue weighted by molar-refractivity contribution is 5.88. The molecule has 2 saturated heterocycles. The maximum atomic E-state index is 14.0. The number of para-hydroxylation sites is 1. The molecule has 0 amide bonds. The summed E-state index contributed by atoms with van der Waals surface area (Å²) in [7, 11) is 0. The van der Waals surface area contributed by atoms with E-state index in [4.69, 9.17) is 0 Å². The van der Waals surface area contributed by atoms with Crippen molar-refractivity contribution in [2.24, 2.45) is 0 Å². The van der Waals surface area contributed by atoms with Crippen LogP contribution in [0, 0.1) is 5.82 Å². The van der Waals surface area contributed by atoms with Crippen LogP contribution in [-0.4, -0.2) is 24.2 Å². The van der Waals surface area contributed by atoms with Crippen LogP contribution in [0.25, 0.3) is 0 Å². The van der Waals surface area contributed by atoms with Gasteiger partial charge in [0.2, 0.25) is 0 Å². The first kappa shape index (κ1) is 11.4. The summed E-state index contributed by atoms with van der Waals surface area (Å²) in [6, 6.07) is 4.66. The van der Waals surface area contributed by atoms with Gasteiger partial charge in [-0.15, -0.1) is 0 Å². The molecule has 1 aromatic rings. The zero-order chi connectivity index (χ0) is 12.7. The van der Waals surface area contributed by atoms with Crippen LogP contribution in [0.5, 0.6) is 0 Å². The average Bonchev–Trinajstić information content (AvgIpc) is 2.61. The lowest BCUT2D eigenvalue weighted by molar-refractivity contribution is -0.120. The predicted molar refractivity (Wildman–Crippen MR) is 65.3 cm³/mol. The fourth-order valence-electron chi connectivity index (χ4n) is 3.24. The van der Waals surface area contributed by atoms with Gasteiger partial charge in [-0.05, 0) is 25.0 Å². The highest BCUT2D eigenvalue weighted by atomic mass is 19.1. The van der Waals surface area contributed by atoms with Crippen LogP contribution in [0.3, 0.4) is 0 Å². The number of piperidine rings is 1. The highest BCUT2D eigenvalue weighted by Crippen LogP contribution is 2.40. The Morgan fingerprint density at radius 1 is 1.22 bits per heavy atom. The Bertz CT molecular complexity index is 499. The molecule has 94 valence electrons. The van der Waals surface area contributed by atoms with Gasteiger partial charge in [0.05, 0.1) is 5.69 Å². The van der Waals surface area contributed by atoms with Crippen LogP contribution < -0.4 is 4.90 Å². The molecule has 4 heteroatoms. The zero-order valence-electron chi connectivity index (χ0n) is 9.93. The summed E-state index contributed by atoms with van der Waals surface area (Å²) in [6.45, 7) is 0. The molecule has 1 aromatic carbocycles. The number of Topliss-reactive ketones (excluding diaryl/α,β-unsaturated/α-hetero) is 1. The van der Waals surface area contributed by atoms with Crippen molar-refractivity contribution < 1.29 is 14.0 Å². The van der Waals surface area contributed by atoms with Gasteiger partial charge >= 0.3 is 0 Å². The maximum Gasteiger partial charge on any atom is 0.152 e. The van der Waals surface area contributed by atoms with Crippen LogP contribution >= 0.6 is 0 Å². The van der Waals surface area contributed by atoms with Crippen molar-refractivity contribution in [3.8, 4) is 0 Å². The molecule has 2 heterocycles. The molecule has 0 aromatic heterocycles. The van der Waals surface area contributed by atoms with E-state index in [-0.39, 0.29) is 23.7 Å². The number of anilines is 1. The average molecular weight is 247 g/mol. The Morgan fingerprint density at radius 2 is 1.89 bits per heavy atom. The number of ketones is 1. The summed E-state index contributed by atoms with van der Waals surface area (Å²) in [6.07, 6.45) is 3.45. The summed E-state index contributed by atoms with van der Waals surface area (Å²) >= 11 is 0. The molecule has 2 aliphatic heterocycles. The molecular weight excluding hydrogens is 233 g/mol. The van der Waals surface area contributed by atoms with Crippen molar-refractivity contribution in [2.75, 3.05) is 4.90 Å². The van der Waals surface area contributed by atoms with Gasteiger partial charge in [0.25, 0.3) is 0 Å². The first-order valence-corrected chi connectivity index (χ1v) is 6.24. The summed E-state index contributed by atoms with van der Waals surface area (Å²) in [5, 5.41) is 0. The van der Waals surface area contributed by atoms with Gasteiger partial charge in [0.15, 0.2) is 6.29 Å². The normalized spacial score (nSPS) is 26.5. The number of fused-ring (bicyclic) bond motifs is 2. The van der Waals surface area contributed by atoms with E-state index in [1.807, 2.05) is 4.90 Å². The summed E-state index contributed by atoms with van der Waals surface area (Å²) in [4.78, 5) is 24.6. The number of carbonyl (C=O) groups is 2. The number of hydrogen-bond donors (Lipinski definition) is 0. The van der Waals surface area contributed by atoms with Crippen molar-refractivity contribution in [1.82, 2.24) is 0 Å². The van der Waals surface area contributed by atoms with Crippen molar-refractivity contribution in [1.29, 1.82) is 0 Å². The minimum Gasteiger partial charge on any atom is -0.362 e. The molecule has 2 fully saturated rings. The summed E-state index contributed by atoms with van der Waals surface area (Å²) < 4.78 is 14.0. The van der Waals surface area contributed by atoms with Gasteiger partial charge in [-0.1, -0.05) is 6.07 Å². The van der Waals surface area contributed by atoms with Gasteiger partial charge in [0.1, 0.15) is 11.6 Å². The van der Waals surface area contributed by atoms with Crippen LogP contribution in [0.4, 0.5) is 10.1 Å². The maximum absolute atomic E-state index is 14.0. The fraction of sp³-hybridized carbons (Fsp3) is 0.429. The molecule has 2 unspecified atom stereocenters. The minimum atomic E-state index is -0.370. The molecule has 0 radical (unpaired) electrons. The molecule has 0 saturated carbocycles. The first-order chi connectivity index (χ1) is 8.70. The number of carbonyl (C=O) groups excluding carboxylic acids is 2. The number of hydrogen-bond acceptors (Lipinski definition) is 3. The molecule has 2 aliphatic rings. The minimum absolute atomic E-state index is 0.0619. The second-order valence-corrected chi connectivity index (χ2v) is 5.03. The van der Waals surface area contributed by atoms with Gasteiger partial charge in [-0.25, -0.2) is 4.39 Å². The third-order valence-electron chi connectivity index (χ3n) is 3.95. The molecule has 2 bridgehead atoms. The summed E-state index contributed by atoms with van der Waals surface area (Å²) in [5.41, 5.74) is 0.758. The SMILES string of the molecule is O=Cc1cccc(F)c1N1C2CCC1CC(=O)C2. The standard InChI is InChI=1S/C14H14FNO2/c15-13-3-1-2-9(8-17)14(13)16-10-4-5-11(16)7-12(18)6-10/h1-3,8,10-11H,4-7H2. The van der Waals surface area contributed by atoms with E-state index in [9.17, 15) is 14.0 Å². The van der Waals surface area contributed by atoms with Crippen molar-refractivity contribution in [3.63, 3.8) is 0 Å². The molecule has 2 atom stereocenters. The quantitative estimate of drug-likeness (QED) is 0.753. The Hall–Kier alpha value is -1.71. The molecular formula is C14H14FNO2. The molecule has 3 rings (SSSR count). The van der Waals surface area contributed by atoms with E-state index in [1.165, 1.54) is 6.07 Å². The van der Waals surface area contributed by atoms with Crippen LogP contribution in [0.2, 0.25) is 0 Å². The van der Waals surface area contributed by atoms with E-state index >= 15 is 0 Å². The van der Waals surface area contributed by atoms with E-state index in [2.05, 4.69) is 0 Å². The third kappa shape index (κ3) is 1.64. The lowest BCUT2D eigenvalue weighted by atomic mass is 9.99. The van der Waals surface area contributed by atoms with Crippen molar-refractivity contribution in [2.45, 2.75) is 37.8 Å². The Kier molecular flexibility index (Phi) is 2.65. The van der Waals surface area contributed by atoms with Crippen LogP contribution in [-0.2, 0) is 4.79 Å². The Morgan fingerprint density at radius 3 is 2.50 bits per heavy atom. The lowest BCUT2D eigenvalue weighted by Crippen LogP contribution is -2.44. The summed E-state index contributed by atoms with van der Waals surface area (Å²) in [5.74, 6) is -0.117. The van der Waals surface area contributed by atoms with Crippen LogP contribution in [0.1, 0.15) is 36.0 Å². The molecule has 3 nitrogen and oxygen atoms in total. The lowest BCUT2D eigenvalue weighted by Gasteiger charge is -2.36. The smallest absolute Gasteiger partial charge is 0.152 e. The van der Waals surface area contributed by atoms with Gasteiger partial charge in [-0.3, -0.25) is 9.59 Å². The van der Waals surface area contributed by atoms with Crippen LogP contribution in [0.15, 0.2) is 18.2 Å². The molecule has 18 heavy (non-hydrogen) atoms. The number of aldehydes is 1. The van der Waals surface area contributed by atoms with Gasteiger partial charge in [0, 0.05) is 30.5 Å². The first-order valence-electron chi connectivity index (χ1n) is 6.24. The predicted octanol–water partition coefficient (Wildman–Crippen LogP) is 2.34. The third-order valence-corrected chi connectivity index (χ3v) is 3.95. The van der Waals surface area contributed by atoms with Gasteiger partial charge < -0.3 is 4.90 Å². The van der Waals surface area contributed by atoms with E-state index in [1.54, 1.807) is 12.1 Å². The van der Waals surface area contributed by atoms with E-state index < -0.39 is 0 Å². The van der Waals surface area contributed by atoms with E-state index in [0.717, 1.165) is 12.8 Å². The second kappa shape index (κ2) is 4.19. The highest BCUT2D eigenvalue weighted by Gasteiger charge is 2.41. The zero-order valence-corrected chi connectivity index (χ0v) is 9.93. The topological polar surface area (TPSA) is 37.4 Å². The number of rotatable bonds is 2. The van der Waals surface area contributed by atoms with Crippen molar-refractivity contribution in [3.05, 3.63) is 29.6 Å². The van der Waals surface area contributed by atoms with Gasteiger partial charge in [-0.2, -0.15) is 0 Å². The number of nitrogens with zero attached hydrogens (tertiary/aromatic N) is 1. The molecule has 0 N–H and O–H groups in total.